The van der Waals surface area contributed by atoms with Crippen LogP contribution in [0.25, 0.3) is 0 Å². The van der Waals surface area contributed by atoms with Crippen LogP contribution in [-0.2, 0) is 30.9 Å². The minimum Gasteiger partial charge on any atom is -0.507 e. The Hall–Kier alpha value is -2.04. The number of esters is 2. The fourth-order valence-electron chi connectivity index (χ4n) is 2.72. The van der Waals surface area contributed by atoms with E-state index in [1.807, 2.05) is 40.7 Å². The van der Waals surface area contributed by atoms with Crippen molar-refractivity contribution in [1.29, 1.82) is 0 Å². The maximum Gasteiger partial charge on any atom is 0.320 e. The van der Waals surface area contributed by atoms with Crippen LogP contribution >= 0.6 is 0 Å². The van der Waals surface area contributed by atoms with Crippen molar-refractivity contribution in [1.82, 2.24) is 0 Å². The van der Waals surface area contributed by atoms with Crippen molar-refractivity contribution >= 4 is 11.9 Å². The number of aromatic hydroxyl groups is 1. The number of hydrogen-bond donors (Lipinski definition) is 1. The van der Waals surface area contributed by atoms with Gasteiger partial charge in [-0.2, -0.15) is 0 Å². The highest BCUT2D eigenvalue weighted by Gasteiger charge is 2.31. The van der Waals surface area contributed by atoms with Crippen LogP contribution in [0.5, 0.6) is 5.75 Å². The number of ether oxygens (including phenoxy) is 2. The van der Waals surface area contributed by atoms with Gasteiger partial charge in [-0.3, -0.25) is 9.59 Å². The molecule has 0 aliphatic rings. The summed E-state index contributed by atoms with van der Waals surface area (Å²) in [5.74, 6) is -1.90. The summed E-state index contributed by atoms with van der Waals surface area (Å²) in [5, 5.41) is 10.5. The molecule has 0 aliphatic carbocycles. The Kier molecular flexibility index (Phi) is 7.03. The van der Waals surface area contributed by atoms with Gasteiger partial charge < -0.3 is 14.6 Å². The Labute approximate surface area is 150 Å². The molecule has 25 heavy (non-hydrogen) atoms. The van der Waals surface area contributed by atoms with Crippen LogP contribution < -0.4 is 0 Å². The van der Waals surface area contributed by atoms with E-state index < -0.39 is 17.9 Å². The van der Waals surface area contributed by atoms with Crippen molar-refractivity contribution in [3.63, 3.8) is 0 Å². The van der Waals surface area contributed by atoms with E-state index >= 15 is 0 Å². The maximum atomic E-state index is 12.2. The fraction of sp³-hybridized carbons (Fsp3) is 0.600. The highest BCUT2D eigenvalue weighted by molar-refractivity contribution is 5.95. The summed E-state index contributed by atoms with van der Waals surface area (Å²) in [5.41, 5.74) is 2.99. The van der Waals surface area contributed by atoms with Crippen LogP contribution in [-0.4, -0.2) is 30.3 Å². The first-order valence-corrected chi connectivity index (χ1v) is 8.70. The normalized spacial score (nSPS) is 11.5. The predicted octanol–water partition coefficient (Wildman–Crippen LogP) is 3.59. The number of rotatable bonds is 6. The van der Waals surface area contributed by atoms with Crippen molar-refractivity contribution in [2.75, 3.05) is 13.2 Å². The van der Waals surface area contributed by atoms with Gasteiger partial charge in [-0.1, -0.05) is 26.8 Å². The summed E-state index contributed by atoms with van der Waals surface area (Å²) in [7, 11) is 0. The first kappa shape index (κ1) is 21.0. The summed E-state index contributed by atoms with van der Waals surface area (Å²) in [6.45, 7) is 13.6. The Morgan fingerprint density at radius 3 is 1.92 bits per heavy atom. The van der Waals surface area contributed by atoms with Crippen LogP contribution in [0, 0.1) is 19.8 Å². The zero-order chi connectivity index (χ0) is 19.4. The minimum atomic E-state index is -1.00. The third-order valence-electron chi connectivity index (χ3n) is 4.35. The first-order chi connectivity index (χ1) is 11.5. The lowest BCUT2D eigenvalue weighted by atomic mass is 9.81. The zero-order valence-corrected chi connectivity index (χ0v) is 16.4. The third-order valence-corrected chi connectivity index (χ3v) is 4.35. The third kappa shape index (κ3) is 4.97. The highest BCUT2D eigenvalue weighted by atomic mass is 16.6. The zero-order valence-electron chi connectivity index (χ0n) is 16.4. The van der Waals surface area contributed by atoms with E-state index in [4.69, 9.17) is 9.47 Å². The number of benzene rings is 1. The van der Waals surface area contributed by atoms with Gasteiger partial charge in [0.05, 0.1) is 13.2 Å². The standard InChI is InChI=1S/C20H30O5/c1-8-24-18(22)15(19(23)25-9-2)10-14-11-16(20(5,6)7)17(21)13(4)12(14)3/h11,15,21H,8-10H2,1-7H3. The molecule has 0 fully saturated rings. The van der Waals surface area contributed by atoms with Gasteiger partial charge in [0.1, 0.15) is 5.75 Å². The molecule has 1 rings (SSSR count). The molecule has 0 amide bonds. The Morgan fingerprint density at radius 1 is 1.04 bits per heavy atom. The molecule has 0 bridgehead atoms. The van der Waals surface area contributed by atoms with Crippen LogP contribution in [0.3, 0.4) is 0 Å². The van der Waals surface area contributed by atoms with Crippen LogP contribution in [0.15, 0.2) is 6.07 Å². The highest BCUT2D eigenvalue weighted by Crippen LogP contribution is 2.37. The summed E-state index contributed by atoms with van der Waals surface area (Å²) in [4.78, 5) is 24.5. The van der Waals surface area contributed by atoms with Gasteiger partial charge in [-0.25, -0.2) is 0 Å². The van der Waals surface area contributed by atoms with E-state index in [0.717, 1.165) is 22.3 Å². The summed E-state index contributed by atoms with van der Waals surface area (Å²) in [6.07, 6.45) is 0.188. The molecular weight excluding hydrogens is 320 g/mol. The van der Waals surface area contributed by atoms with Crippen LogP contribution in [0.1, 0.15) is 56.9 Å². The monoisotopic (exact) mass is 350 g/mol. The summed E-state index contributed by atoms with van der Waals surface area (Å²) in [6, 6.07) is 1.88. The van der Waals surface area contributed by atoms with Crippen molar-refractivity contribution in [3.05, 3.63) is 28.3 Å². The lowest BCUT2D eigenvalue weighted by molar-refractivity contribution is -0.161. The lowest BCUT2D eigenvalue weighted by Crippen LogP contribution is -2.30. The molecule has 0 saturated heterocycles. The molecule has 0 unspecified atom stereocenters. The molecule has 1 aromatic rings. The molecule has 5 nitrogen and oxygen atoms in total. The van der Waals surface area contributed by atoms with Gasteiger partial charge in [0.15, 0.2) is 5.92 Å². The van der Waals surface area contributed by atoms with E-state index in [-0.39, 0.29) is 30.8 Å². The van der Waals surface area contributed by atoms with Gasteiger partial charge in [0.2, 0.25) is 0 Å². The smallest absolute Gasteiger partial charge is 0.320 e. The second-order valence-electron chi connectivity index (χ2n) is 7.19. The van der Waals surface area contributed by atoms with Gasteiger partial charge >= 0.3 is 11.9 Å². The lowest BCUT2D eigenvalue weighted by Gasteiger charge is -2.25. The summed E-state index contributed by atoms with van der Waals surface area (Å²) >= 11 is 0. The quantitative estimate of drug-likeness (QED) is 0.627. The Morgan fingerprint density at radius 2 is 1.52 bits per heavy atom. The van der Waals surface area contributed by atoms with Crippen molar-refractivity contribution in [2.24, 2.45) is 5.92 Å². The molecule has 0 saturated carbocycles. The second-order valence-corrected chi connectivity index (χ2v) is 7.19. The van der Waals surface area contributed by atoms with Crippen LogP contribution in [0.4, 0.5) is 0 Å². The molecule has 0 radical (unpaired) electrons. The van der Waals surface area contributed by atoms with E-state index in [1.165, 1.54) is 0 Å². The molecule has 1 N–H and O–H groups in total. The van der Waals surface area contributed by atoms with E-state index in [1.54, 1.807) is 13.8 Å². The average molecular weight is 350 g/mol. The number of hydrogen-bond acceptors (Lipinski definition) is 5. The molecule has 0 heterocycles. The number of phenolic OH excluding ortho intramolecular Hbond substituents is 1. The second kappa shape index (κ2) is 8.37. The molecule has 1 aromatic carbocycles. The molecule has 0 aromatic heterocycles. The molecule has 0 aliphatic heterocycles. The number of carbonyl (C=O) groups excluding carboxylic acids is 2. The van der Waals surface area contributed by atoms with Crippen LogP contribution in [0.2, 0.25) is 0 Å². The van der Waals surface area contributed by atoms with Gasteiger partial charge in [0, 0.05) is 0 Å². The Bertz CT molecular complexity index is 622. The topological polar surface area (TPSA) is 72.8 Å². The van der Waals surface area contributed by atoms with E-state index in [2.05, 4.69) is 0 Å². The summed E-state index contributed by atoms with van der Waals surface area (Å²) < 4.78 is 10.1. The number of phenols is 1. The van der Waals surface area contributed by atoms with Gasteiger partial charge in [-0.05, 0) is 61.8 Å². The van der Waals surface area contributed by atoms with Gasteiger partial charge in [0.25, 0.3) is 0 Å². The van der Waals surface area contributed by atoms with Gasteiger partial charge in [-0.15, -0.1) is 0 Å². The van der Waals surface area contributed by atoms with E-state index in [9.17, 15) is 14.7 Å². The SMILES string of the molecule is CCOC(=O)C(Cc1cc(C(C)(C)C)c(O)c(C)c1C)C(=O)OCC. The van der Waals surface area contributed by atoms with Crippen molar-refractivity contribution < 1.29 is 24.2 Å². The molecule has 140 valence electrons. The number of carbonyl (C=O) groups is 2. The fourth-order valence-corrected chi connectivity index (χ4v) is 2.72. The average Bonchev–Trinajstić information content (AvgIpc) is 2.51. The predicted molar refractivity (Wildman–Crippen MR) is 96.7 cm³/mol. The maximum absolute atomic E-state index is 12.2. The molecule has 5 heteroatoms. The Balaban J connectivity index is 3.35. The minimum absolute atomic E-state index is 0.188. The molecular formula is C20H30O5. The van der Waals surface area contributed by atoms with E-state index in [0.29, 0.717) is 0 Å². The molecule has 0 atom stereocenters. The molecule has 0 spiro atoms. The largest absolute Gasteiger partial charge is 0.507 e. The first-order valence-electron chi connectivity index (χ1n) is 8.70. The van der Waals surface area contributed by atoms with Crippen molar-refractivity contribution in [2.45, 2.75) is 60.3 Å². The van der Waals surface area contributed by atoms with Crippen molar-refractivity contribution in [3.8, 4) is 5.75 Å².